The van der Waals surface area contributed by atoms with Crippen molar-refractivity contribution in [1.29, 1.82) is 0 Å². The normalized spacial score (nSPS) is 9.75. The van der Waals surface area contributed by atoms with Gasteiger partial charge >= 0.3 is 0 Å². The summed E-state index contributed by atoms with van der Waals surface area (Å²) >= 11 is 1.27. The Morgan fingerprint density at radius 2 is 2.00 bits per heavy atom. The maximum Gasteiger partial charge on any atom is 0.219 e. The van der Waals surface area contributed by atoms with Crippen LogP contribution in [-0.4, -0.2) is 17.4 Å². The van der Waals surface area contributed by atoms with E-state index in [1.807, 2.05) is 30.3 Å². The number of nitrogens with two attached hydrogens (primary N) is 1. The second-order valence-corrected chi connectivity index (χ2v) is 3.36. The maximum absolute atomic E-state index is 11.3. The number of hydrogen-bond donors (Lipinski definition) is 1. The second kappa shape index (κ2) is 4.95. The molecule has 0 radical (unpaired) electrons. The third-order valence-corrected chi connectivity index (χ3v) is 2.30. The summed E-state index contributed by atoms with van der Waals surface area (Å²) in [6.45, 7) is 0.545. The summed E-state index contributed by atoms with van der Waals surface area (Å²) in [6, 6.07) is 9.23. The van der Waals surface area contributed by atoms with Crippen molar-refractivity contribution in [1.82, 2.24) is 0 Å². The Bertz CT molecular complexity index is 248. The number of hydrogen-bond acceptors (Lipinski definition) is 3. The molecule has 0 aromatic heterocycles. The predicted octanol–water partition coefficient (Wildman–Crippen LogP) is 1.52. The van der Waals surface area contributed by atoms with E-state index in [-0.39, 0.29) is 5.12 Å². The van der Waals surface area contributed by atoms with Crippen LogP contribution in [0, 0.1) is 0 Å². The molecule has 0 aliphatic heterocycles. The third kappa shape index (κ3) is 2.68. The average molecular weight is 181 g/mol. The molecule has 12 heavy (non-hydrogen) atoms. The molecule has 1 aromatic carbocycles. The highest BCUT2D eigenvalue weighted by molar-refractivity contribution is 8.14. The lowest BCUT2D eigenvalue weighted by molar-refractivity contribution is 0.108. The van der Waals surface area contributed by atoms with Crippen LogP contribution in [-0.2, 0) is 0 Å². The largest absolute Gasteiger partial charge is 0.330 e. The van der Waals surface area contributed by atoms with E-state index in [0.29, 0.717) is 12.3 Å². The molecule has 1 rings (SSSR count). The summed E-state index contributed by atoms with van der Waals surface area (Å²) in [5, 5.41) is 0.0982. The van der Waals surface area contributed by atoms with E-state index in [1.54, 1.807) is 0 Å². The quantitative estimate of drug-likeness (QED) is 0.768. The first-order valence-corrected chi connectivity index (χ1v) is 4.75. The van der Waals surface area contributed by atoms with E-state index in [1.165, 1.54) is 11.8 Å². The molecule has 1 aromatic rings. The molecule has 0 unspecified atom stereocenters. The zero-order valence-corrected chi connectivity index (χ0v) is 7.51. The van der Waals surface area contributed by atoms with E-state index in [4.69, 9.17) is 5.73 Å². The van der Waals surface area contributed by atoms with Crippen LogP contribution in [0.4, 0.5) is 0 Å². The molecule has 0 amide bonds. The topological polar surface area (TPSA) is 43.1 Å². The summed E-state index contributed by atoms with van der Waals surface area (Å²) in [4.78, 5) is 11.3. The average Bonchev–Trinajstić information content (AvgIpc) is 2.15. The molecule has 3 heteroatoms. The smallest absolute Gasteiger partial charge is 0.219 e. The Labute approximate surface area is 76.2 Å². The minimum absolute atomic E-state index is 0.0982. The van der Waals surface area contributed by atoms with Gasteiger partial charge in [-0.25, -0.2) is 0 Å². The summed E-state index contributed by atoms with van der Waals surface area (Å²) in [5.74, 6) is 0.688. The second-order valence-electron chi connectivity index (χ2n) is 2.29. The van der Waals surface area contributed by atoms with E-state index in [0.717, 1.165) is 5.56 Å². The Balaban J connectivity index is 2.54. The van der Waals surface area contributed by atoms with Gasteiger partial charge in [0.15, 0.2) is 0 Å². The molecule has 0 atom stereocenters. The van der Waals surface area contributed by atoms with Crippen molar-refractivity contribution >= 4 is 16.9 Å². The molecule has 64 valence electrons. The minimum atomic E-state index is 0.0982. The zero-order valence-electron chi connectivity index (χ0n) is 6.69. The molecule has 0 fully saturated rings. The van der Waals surface area contributed by atoms with Crippen molar-refractivity contribution in [3.63, 3.8) is 0 Å². The van der Waals surface area contributed by atoms with Gasteiger partial charge in [0, 0.05) is 17.9 Å². The molecular weight excluding hydrogens is 170 g/mol. The molecule has 0 heterocycles. The van der Waals surface area contributed by atoms with E-state index in [2.05, 4.69) is 0 Å². The van der Waals surface area contributed by atoms with Gasteiger partial charge in [-0.15, -0.1) is 0 Å². The van der Waals surface area contributed by atoms with Gasteiger partial charge in [0.1, 0.15) is 0 Å². The van der Waals surface area contributed by atoms with Crippen molar-refractivity contribution in [2.24, 2.45) is 5.73 Å². The highest BCUT2D eigenvalue weighted by Crippen LogP contribution is 2.10. The first-order valence-electron chi connectivity index (χ1n) is 3.77. The molecule has 2 nitrogen and oxygen atoms in total. The first kappa shape index (κ1) is 9.29. The standard InChI is InChI=1S/C9H11NOS/c10-6-7-12-9(11)8-4-2-1-3-5-8/h1-5H,6-7,10H2. The first-order chi connectivity index (χ1) is 5.84. The number of carbonyl (C=O) groups excluding carboxylic acids is 1. The van der Waals surface area contributed by atoms with Gasteiger partial charge in [-0.05, 0) is 0 Å². The lowest BCUT2D eigenvalue weighted by Gasteiger charge is -1.97. The van der Waals surface area contributed by atoms with Crippen LogP contribution in [0.2, 0.25) is 0 Å². The summed E-state index contributed by atoms with van der Waals surface area (Å²) in [5.41, 5.74) is 6.03. The fourth-order valence-corrected chi connectivity index (χ4v) is 1.42. The fourth-order valence-electron chi connectivity index (χ4n) is 0.809. The van der Waals surface area contributed by atoms with Crippen LogP contribution in [0.15, 0.2) is 30.3 Å². The van der Waals surface area contributed by atoms with Crippen molar-refractivity contribution in [2.75, 3.05) is 12.3 Å². The van der Waals surface area contributed by atoms with Gasteiger partial charge in [0.25, 0.3) is 0 Å². The van der Waals surface area contributed by atoms with Gasteiger partial charge in [0.2, 0.25) is 5.12 Å². The molecule has 0 saturated carbocycles. The fraction of sp³-hybridized carbons (Fsp3) is 0.222. The summed E-state index contributed by atoms with van der Waals surface area (Å²) < 4.78 is 0. The van der Waals surface area contributed by atoms with E-state index in [9.17, 15) is 4.79 Å². The van der Waals surface area contributed by atoms with Crippen molar-refractivity contribution in [3.8, 4) is 0 Å². The van der Waals surface area contributed by atoms with Crippen molar-refractivity contribution < 1.29 is 4.79 Å². The van der Waals surface area contributed by atoms with Gasteiger partial charge in [-0.1, -0.05) is 42.1 Å². The highest BCUT2D eigenvalue weighted by atomic mass is 32.2. The Hall–Kier alpha value is -0.800. The highest BCUT2D eigenvalue weighted by Gasteiger charge is 2.03. The van der Waals surface area contributed by atoms with Gasteiger partial charge in [-0.3, -0.25) is 4.79 Å². The van der Waals surface area contributed by atoms with Gasteiger partial charge in [0.05, 0.1) is 0 Å². The third-order valence-electron chi connectivity index (χ3n) is 1.36. The Morgan fingerprint density at radius 3 is 2.58 bits per heavy atom. The van der Waals surface area contributed by atoms with E-state index < -0.39 is 0 Å². The molecule has 2 N–H and O–H groups in total. The van der Waals surface area contributed by atoms with Crippen LogP contribution in [0.25, 0.3) is 0 Å². The van der Waals surface area contributed by atoms with Gasteiger partial charge < -0.3 is 5.73 Å². The maximum atomic E-state index is 11.3. The summed E-state index contributed by atoms with van der Waals surface area (Å²) in [7, 11) is 0. The zero-order chi connectivity index (χ0) is 8.81. The monoisotopic (exact) mass is 181 g/mol. The molecule has 0 saturated heterocycles. The van der Waals surface area contributed by atoms with E-state index >= 15 is 0 Å². The number of rotatable bonds is 3. The minimum Gasteiger partial charge on any atom is -0.330 e. The summed E-state index contributed by atoms with van der Waals surface area (Å²) in [6.07, 6.45) is 0. The van der Waals surface area contributed by atoms with Crippen molar-refractivity contribution in [3.05, 3.63) is 35.9 Å². The van der Waals surface area contributed by atoms with Crippen LogP contribution >= 0.6 is 11.8 Å². The molecule has 0 aliphatic rings. The molecule has 0 bridgehead atoms. The van der Waals surface area contributed by atoms with Crippen LogP contribution in [0.1, 0.15) is 10.4 Å². The Morgan fingerprint density at radius 1 is 1.33 bits per heavy atom. The van der Waals surface area contributed by atoms with Crippen LogP contribution in [0.5, 0.6) is 0 Å². The number of carbonyl (C=O) groups is 1. The molecular formula is C9H11NOS. The lowest BCUT2D eigenvalue weighted by atomic mass is 10.2. The SMILES string of the molecule is NCCSC(=O)c1ccccc1. The predicted molar refractivity (Wildman–Crippen MR) is 52.3 cm³/mol. The molecule has 0 aliphatic carbocycles. The Kier molecular flexibility index (Phi) is 3.84. The number of benzene rings is 1. The number of thioether (sulfide) groups is 1. The van der Waals surface area contributed by atoms with Crippen molar-refractivity contribution in [2.45, 2.75) is 0 Å². The van der Waals surface area contributed by atoms with Crippen LogP contribution < -0.4 is 5.73 Å². The lowest BCUT2D eigenvalue weighted by Crippen LogP contribution is -2.04. The van der Waals surface area contributed by atoms with Gasteiger partial charge in [-0.2, -0.15) is 0 Å². The molecule has 0 spiro atoms. The van der Waals surface area contributed by atoms with Crippen LogP contribution in [0.3, 0.4) is 0 Å².